The molecule has 2 aliphatic rings. The summed E-state index contributed by atoms with van der Waals surface area (Å²) in [6, 6.07) is 8.43. The van der Waals surface area contributed by atoms with Crippen LogP contribution in [0.3, 0.4) is 0 Å². The van der Waals surface area contributed by atoms with Crippen LogP contribution in [0.25, 0.3) is 0 Å². The molecule has 164 valence electrons. The fourth-order valence-corrected chi connectivity index (χ4v) is 6.34. The maximum atomic E-state index is 6.58. The van der Waals surface area contributed by atoms with Gasteiger partial charge in [0, 0.05) is 23.2 Å². The third-order valence-electron chi connectivity index (χ3n) is 5.88. The van der Waals surface area contributed by atoms with Gasteiger partial charge < -0.3 is 9.05 Å². The number of aryl methyl sites for hydroxylation is 1. The molecule has 2 heterocycles. The lowest BCUT2D eigenvalue weighted by Gasteiger charge is -2.54. The van der Waals surface area contributed by atoms with Gasteiger partial charge in [0.05, 0.1) is 19.3 Å². The highest BCUT2D eigenvalue weighted by Gasteiger charge is 2.49. The lowest BCUT2D eigenvalue weighted by molar-refractivity contribution is -0.297. The molecule has 0 aliphatic carbocycles. The topological polar surface area (TPSA) is 34.2 Å². The highest BCUT2D eigenvalue weighted by Crippen LogP contribution is 2.54. The van der Waals surface area contributed by atoms with Crippen molar-refractivity contribution in [3.8, 4) is 0 Å². The Morgan fingerprint density at radius 1 is 1.10 bits per heavy atom. The third-order valence-corrected chi connectivity index (χ3v) is 7.96. The zero-order chi connectivity index (χ0) is 21.4. The van der Waals surface area contributed by atoms with E-state index >= 15 is 0 Å². The van der Waals surface area contributed by atoms with Gasteiger partial charge in [0.1, 0.15) is 0 Å². The van der Waals surface area contributed by atoms with Crippen molar-refractivity contribution in [2.45, 2.75) is 97.6 Å². The van der Waals surface area contributed by atoms with Crippen molar-refractivity contribution in [1.29, 1.82) is 0 Å². The molecular weight excluding hydrogens is 383 g/mol. The molecule has 0 radical (unpaired) electrons. The SMILES string of the molecule is Cc1ccccc1CON1C(C)(C)CC(OP2OCCN2C(C)(C)C)CC1(C)C. The van der Waals surface area contributed by atoms with Crippen LogP contribution >= 0.6 is 8.53 Å². The van der Waals surface area contributed by atoms with Crippen LogP contribution in [0, 0.1) is 6.92 Å². The Morgan fingerprint density at radius 2 is 1.72 bits per heavy atom. The van der Waals surface area contributed by atoms with Gasteiger partial charge in [-0.25, -0.2) is 4.67 Å². The minimum absolute atomic E-state index is 0.0601. The summed E-state index contributed by atoms with van der Waals surface area (Å²) in [7, 11) is -0.991. The maximum absolute atomic E-state index is 6.58. The van der Waals surface area contributed by atoms with E-state index in [4.69, 9.17) is 13.9 Å². The maximum Gasteiger partial charge on any atom is 0.259 e. The standard InChI is InChI=1S/C23H39N2O3P/c1-18-11-9-10-12-19(18)17-26-25-22(5,6)15-20(16-23(25,7)8)28-29-24(13-14-27-29)21(2,3)4/h9-12,20H,13-17H2,1-8H3. The average molecular weight is 423 g/mol. The number of hydrogen-bond donors (Lipinski definition) is 0. The lowest BCUT2D eigenvalue weighted by Crippen LogP contribution is -2.61. The van der Waals surface area contributed by atoms with E-state index in [1.54, 1.807) is 0 Å². The molecule has 2 fully saturated rings. The molecule has 2 aliphatic heterocycles. The molecule has 29 heavy (non-hydrogen) atoms. The Bertz CT molecular complexity index is 684. The zero-order valence-corrected chi connectivity index (χ0v) is 20.4. The van der Waals surface area contributed by atoms with E-state index in [0.29, 0.717) is 6.61 Å². The van der Waals surface area contributed by atoms with Gasteiger partial charge in [-0.1, -0.05) is 24.3 Å². The van der Waals surface area contributed by atoms with Gasteiger partial charge in [0.15, 0.2) is 0 Å². The molecule has 5 nitrogen and oxygen atoms in total. The molecular formula is C23H39N2O3P. The molecule has 0 saturated carbocycles. The quantitative estimate of drug-likeness (QED) is 0.558. The number of rotatable bonds is 5. The summed E-state index contributed by atoms with van der Waals surface area (Å²) >= 11 is 0. The Labute approximate surface area is 178 Å². The van der Waals surface area contributed by atoms with Crippen LogP contribution in [-0.4, -0.2) is 45.6 Å². The predicted molar refractivity (Wildman–Crippen MR) is 119 cm³/mol. The fourth-order valence-electron chi connectivity index (χ4n) is 4.65. The van der Waals surface area contributed by atoms with E-state index in [9.17, 15) is 0 Å². The normalized spacial score (nSPS) is 26.1. The molecule has 3 rings (SSSR count). The minimum atomic E-state index is -0.991. The number of hydrogen-bond acceptors (Lipinski definition) is 5. The van der Waals surface area contributed by atoms with E-state index in [2.05, 4.69) is 89.4 Å². The predicted octanol–water partition coefficient (Wildman–Crippen LogP) is 5.82. The van der Waals surface area contributed by atoms with E-state index < -0.39 is 8.53 Å². The second-order valence-electron chi connectivity index (χ2n) is 10.6. The van der Waals surface area contributed by atoms with E-state index in [0.717, 1.165) is 26.0 Å². The smallest absolute Gasteiger partial charge is 0.259 e. The van der Waals surface area contributed by atoms with Crippen LogP contribution in [0.4, 0.5) is 0 Å². The monoisotopic (exact) mass is 422 g/mol. The summed E-state index contributed by atoms with van der Waals surface area (Å²) in [5, 5.41) is 2.20. The fraction of sp³-hybridized carbons (Fsp3) is 0.739. The van der Waals surface area contributed by atoms with Crippen molar-refractivity contribution < 1.29 is 13.9 Å². The summed E-state index contributed by atoms with van der Waals surface area (Å²) in [5.74, 6) is 0. The number of hydroxylamine groups is 2. The number of piperidine rings is 1. The Balaban J connectivity index is 1.67. The summed E-state index contributed by atoms with van der Waals surface area (Å²) in [6.45, 7) is 20.2. The number of nitrogens with zero attached hydrogens (tertiary/aromatic N) is 2. The minimum Gasteiger partial charge on any atom is -0.321 e. The molecule has 0 amide bonds. The van der Waals surface area contributed by atoms with Crippen molar-refractivity contribution in [2.75, 3.05) is 13.2 Å². The number of benzene rings is 1. The first kappa shape index (κ1) is 23.1. The molecule has 0 N–H and O–H groups in total. The van der Waals surface area contributed by atoms with Gasteiger partial charge in [-0.05, 0) is 79.4 Å². The summed E-state index contributed by atoms with van der Waals surface area (Å²) < 4.78 is 15.0. The lowest BCUT2D eigenvalue weighted by atomic mass is 9.80. The van der Waals surface area contributed by atoms with Crippen molar-refractivity contribution in [1.82, 2.24) is 9.73 Å². The van der Waals surface area contributed by atoms with Crippen LogP contribution in [0.5, 0.6) is 0 Å². The van der Waals surface area contributed by atoms with Gasteiger partial charge in [0.2, 0.25) is 0 Å². The van der Waals surface area contributed by atoms with Gasteiger partial charge in [-0.2, -0.15) is 5.06 Å². The Hall–Kier alpha value is -0.550. The summed E-state index contributed by atoms with van der Waals surface area (Å²) in [4.78, 5) is 6.42. The van der Waals surface area contributed by atoms with Crippen molar-refractivity contribution in [3.05, 3.63) is 35.4 Å². The summed E-state index contributed by atoms with van der Waals surface area (Å²) in [5.41, 5.74) is 2.31. The van der Waals surface area contributed by atoms with Crippen LogP contribution in [0.15, 0.2) is 24.3 Å². The van der Waals surface area contributed by atoms with Gasteiger partial charge >= 0.3 is 0 Å². The molecule has 1 unspecified atom stereocenters. The van der Waals surface area contributed by atoms with Crippen LogP contribution in [0.1, 0.15) is 72.4 Å². The highest BCUT2D eigenvalue weighted by atomic mass is 31.2. The van der Waals surface area contributed by atoms with Gasteiger partial charge in [0.25, 0.3) is 8.53 Å². The molecule has 1 aromatic carbocycles. The van der Waals surface area contributed by atoms with Crippen molar-refractivity contribution >= 4 is 8.53 Å². The first-order chi connectivity index (χ1) is 13.4. The Kier molecular flexibility index (Phi) is 6.80. The highest BCUT2D eigenvalue weighted by molar-refractivity contribution is 7.44. The average Bonchev–Trinajstić information content (AvgIpc) is 3.02. The van der Waals surface area contributed by atoms with Gasteiger partial charge in [-0.15, -0.1) is 0 Å². The molecule has 0 aromatic heterocycles. The second-order valence-corrected chi connectivity index (χ2v) is 12.0. The Morgan fingerprint density at radius 3 is 2.31 bits per heavy atom. The van der Waals surface area contributed by atoms with Crippen molar-refractivity contribution in [2.24, 2.45) is 0 Å². The zero-order valence-electron chi connectivity index (χ0n) is 19.5. The largest absolute Gasteiger partial charge is 0.321 e. The molecule has 1 atom stereocenters. The van der Waals surface area contributed by atoms with Crippen molar-refractivity contribution in [3.63, 3.8) is 0 Å². The van der Waals surface area contributed by atoms with Crippen LogP contribution < -0.4 is 0 Å². The third kappa shape index (κ3) is 5.39. The van der Waals surface area contributed by atoms with Crippen LogP contribution in [0.2, 0.25) is 0 Å². The molecule has 0 bridgehead atoms. The molecule has 2 saturated heterocycles. The van der Waals surface area contributed by atoms with E-state index in [1.807, 2.05) is 0 Å². The second kappa shape index (κ2) is 8.53. The first-order valence-corrected chi connectivity index (χ1v) is 11.9. The van der Waals surface area contributed by atoms with E-state index in [1.165, 1.54) is 11.1 Å². The molecule has 6 heteroatoms. The van der Waals surface area contributed by atoms with Gasteiger partial charge in [-0.3, -0.25) is 4.84 Å². The first-order valence-electron chi connectivity index (χ1n) is 10.8. The van der Waals surface area contributed by atoms with Crippen LogP contribution in [-0.2, 0) is 20.5 Å². The summed E-state index contributed by atoms with van der Waals surface area (Å²) in [6.07, 6.45) is 2.00. The molecule has 1 aromatic rings. The molecule has 0 spiro atoms. The van der Waals surface area contributed by atoms with E-state index in [-0.39, 0.29) is 22.7 Å².